The van der Waals surface area contributed by atoms with Crippen molar-refractivity contribution >= 4 is 18.0 Å². The van der Waals surface area contributed by atoms with Crippen molar-refractivity contribution in [2.24, 2.45) is 5.10 Å². The van der Waals surface area contributed by atoms with Crippen molar-refractivity contribution in [3.63, 3.8) is 0 Å². The molecule has 0 aliphatic heterocycles. The summed E-state index contributed by atoms with van der Waals surface area (Å²) in [6.07, 6.45) is -0.112. The van der Waals surface area contributed by atoms with Crippen molar-refractivity contribution in [2.45, 2.75) is 44.1 Å². The lowest BCUT2D eigenvalue weighted by atomic mass is 10.1. The number of aromatic nitrogens is 3. The summed E-state index contributed by atoms with van der Waals surface area (Å²) in [5.41, 5.74) is 2.68. The van der Waals surface area contributed by atoms with Gasteiger partial charge in [-0.1, -0.05) is 24.8 Å². The second-order valence-electron chi connectivity index (χ2n) is 6.67. The Balaban J connectivity index is 1.44. The van der Waals surface area contributed by atoms with Gasteiger partial charge in [-0.05, 0) is 60.4 Å². The molecule has 0 unspecified atom stereocenters. The summed E-state index contributed by atoms with van der Waals surface area (Å²) >= 11 is 1.12. The molecule has 0 amide bonds. The lowest BCUT2D eigenvalue weighted by Gasteiger charge is -2.06. The number of hydrogen-bond donors (Lipinski definition) is 0. The molecule has 6 nitrogen and oxygen atoms in total. The van der Waals surface area contributed by atoms with Crippen LogP contribution in [0.5, 0.6) is 5.75 Å². The predicted octanol–water partition coefficient (Wildman–Crippen LogP) is 4.95. The zero-order chi connectivity index (χ0) is 21.1. The molecule has 1 aliphatic carbocycles. The first kappa shape index (κ1) is 20.5. The molecule has 1 aromatic carbocycles. The van der Waals surface area contributed by atoms with Gasteiger partial charge in [0.2, 0.25) is 5.16 Å². The Labute approximate surface area is 175 Å². The fourth-order valence-electron chi connectivity index (χ4n) is 3.21. The van der Waals surface area contributed by atoms with Gasteiger partial charge in [0.15, 0.2) is 0 Å². The Kier molecular flexibility index (Phi) is 5.85. The van der Waals surface area contributed by atoms with Gasteiger partial charge in [0.1, 0.15) is 23.9 Å². The van der Waals surface area contributed by atoms with Gasteiger partial charge in [-0.25, -0.2) is 0 Å². The summed E-state index contributed by atoms with van der Waals surface area (Å²) in [7, 11) is 0. The van der Waals surface area contributed by atoms with E-state index in [1.807, 2.05) is 12.1 Å². The van der Waals surface area contributed by atoms with Crippen molar-refractivity contribution in [3.05, 3.63) is 58.8 Å². The second-order valence-corrected chi connectivity index (χ2v) is 7.90. The molecule has 4 rings (SSSR count). The van der Waals surface area contributed by atoms with Crippen molar-refractivity contribution in [1.82, 2.24) is 14.9 Å². The highest BCUT2D eigenvalue weighted by Gasteiger charge is 2.39. The van der Waals surface area contributed by atoms with Crippen molar-refractivity contribution < 1.29 is 22.3 Å². The van der Waals surface area contributed by atoms with Gasteiger partial charge in [-0.15, -0.1) is 10.2 Å². The third-order valence-electron chi connectivity index (χ3n) is 4.57. The Morgan fingerprint density at radius 2 is 2.03 bits per heavy atom. The first-order valence-corrected chi connectivity index (χ1v) is 10.5. The number of ether oxygens (including phenoxy) is 1. The molecular formula is C20H19F3N4O2S. The molecule has 0 fully saturated rings. The van der Waals surface area contributed by atoms with Crippen LogP contribution < -0.4 is 4.74 Å². The van der Waals surface area contributed by atoms with Crippen LogP contribution >= 0.6 is 11.8 Å². The molecule has 10 heteroatoms. The summed E-state index contributed by atoms with van der Waals surface area (Å²) in [4.78, 5) is 0. The SMILES string of the molecule is CCSc1nnc(C(F)(F)F)n1/N=C\c1ccc(COc2ccc3c(c2)CCC3)o1. The first-order chi connectivity index (χ1) is 14.4. The highest BCUT2D eigenvalue weighted by molar-refractivity contribution is 7.99. The monoisotopic (exact) mass is 436 g/mol. The highest BCUT2D eigenvalue weighted by Crippen LogP contribution is 2.30. The summed E-state index contributed by atoms with van der Waals surface area (Å²) in [5, 5.41) is 10.7. The number of fused-ring (bicyclic) bond motifs is 1. The van der Waals surface area contributed by atoms with Crippen LogP contribution in [0.4, 0.5) is 13.2 Å². The summed E-state index contributed by atoms with van der Waals surface area (Å²) < 4.78 is 51.5. The number of halogens is 3. The van der Waals surface area contributed by atoms with E-state index in [1.165, 1.54) is 23.8 Å². The molecule has 1 aliphatic rings. The third kappa shape index (κ3) is 4.53. The van der Waals surface area contributed by atoms with Crippen LogP contribution in [0.15, 0.2) is 45.0 Å². The zero-order valence-corrected chi connectivity index (χ0v) is 17.0. The van der Waals surface area contributed by atoms with E-state index < -0.39 is 12.0 Å². The van der Waals surface area contributed by atoms with Crippen molar-refractivity contribution in [2.75, 3.05) is 5.75 Å². The average Bonchev–Trinajstić information content (AvgIpc) is 3.43. The van der Waals surface area contributed by atoms with E-state index in [0.29, 0.717) is 21.9 Å². The average molecular weight is 436 g/mol. The number of furan rings is 1. The van der Waals surface area contributed by atoms with Gasteiger partial charge >= 0.3 is 6.18 Å². The van der Waals surface area contributed by atoms with Crippen LogP contribution in [0.3, 0.4) is 0 Å². The Bertz CT molecular complexity index is 1060. The second kappa shape index (κ2) is 8.55. The number of benzene rings is 1. The van der Waals surface area contributed by atoms with Crippen LogP contribution in [0.2, 0.25) is 0 Å². The molecule has 158 valence electrons. The summed E-state index contributed by atoms with van der Waals surface area (Å²) in [5.74, 6) is 0.970. The highest BCUT2D eigenvalue weighted by atomic mass is 32.2. The molecule has 30 heavy (non-hydrogen) atoms. The van der Waals surface area contributed by atoms with E-state index >= 15 is 0 Å². The minimum atomic E-state index is -4.66. The Morgan fingerprint density at radius 1 is 1.20 bits per heavy atom. The van der Waals surface area contributed by atoms with E-state index in [2.05, 4.69) is 21.4 Å². The van der Waals surface area contributed by atoms with Crippen LogP contribution in [0, 0.1) is 0 Å². The predicted molar refractivity (Wildman–Crippen MR) is 106 cm³/mol. The number of alkyl halides is 3. The maximum absolute atomic E-state index is 13.1. The van der Waals surface area contributed by atoms with Crippen LogP contribution in [-0.4, -0.2) is 26.8 Å². The fourth-order valence-corrected chi connectivity index (χ4v) is 3.83. The Hall–Kier alpha value is -2.75. The topological polar surface area (TPSA) is 65.4 Å². The quantitative estimate of drug-likeness (QED) is 0.387. The smallest absolute Gasteiger partial charge is 0.453 e. The van der Waals surface area contributed by atoms with E-state index in [9.17, 15) is 13.2 Å². The van der Waals surface area contributed by atoms with Gasteiger partial charge in [-0.2, -0.15) is 22.9 Å². The van der Waals surface area contributed by atoms with Gasteiger partial charge < -0.3 is 9.15 Å². The Morgan fingerprint density at radius 3 is 2.83 bits per heavy atom. The lowest BCUT2D eigenvalue weighted by molar-refractivity contribution is -0.147. The molecule has 0 saturated carbocycles. The first-order valence-electron chi connectivity index (χ1n) is 9.47. The molecule has 0 radical (unpaired) electrons. The minimum absolute atomic E-state index is 0.0628. The molecule has 0 saturated heterocycles. The maximum atomic E-state index is 13.1. The summed E-state index contributed by atoms with van der Waals surface area (Å²) in [6.45, 7) is 2.02. The van der Waals surface area contributed by atoms with Crippen molar-refractivity contribution in [3.8, 4) is 5.75 Å². The van der Waals surface area contributed by atoms with Gasteiger partial charge in [0.25, 0.3) is 5.82 Å². The van der Waals surface area contributed by atoms with Crippen LogP contribution in [0.25, 0.3) is 0 Å². The lowest BCUT2D eigenvalue weighted by Crippen LogP contribution is -2.13. The molecule has 3 aromatic rings. The van der Waals surface area contributed by atoms with Crippen molar-refractivity contribution in [1.29, 1.82) is 0 Å². The number of aryl methyl sites for hydroxylation is 2. The fraction of sp³-hybridized carbons (Fsp3) is 0.350. The van der Waals surface area contributed by atoms with E-state index in [1.54, 1.807) is 19.1 Å². The standard InChI is InChI=1S/C20H19F3N4O2S/c1-2-30-19-26-25-18(20(21,22)23)27(19)24-11-16-8-9-17(29-16)12-28-15-7-6-13-4-3-5-14(13)10-15/h6-11H,2-5,12H2,1H3/b24-11-. The molecule has 0 spiro atoms. The van der Waals surface area contributed by atoms with E-state index in [-0.39, 0.29) is 11.8 Å². The number of hydrogen-bond acceptors (Lipinski definition) is 6. The third-order valence-corrected chi connectivity index (χ3v) is 5.37. The van der Waals surface area contributed by atoms with E-state index in [0.717, 1.165) is 30.4 Å². The van der Waals surface area contributed by atoms with E-state index in [4.69, 9.17) is 9.15 Å². The zero-order valence-electron chi connectivity index (χ0n) is 16.1. The minimum Gasteiger partial charge on any atom is -0.486 e. The maximum Gasteiger partial charge on any atom is 0.453 e. The normalized spacial score (nSPS) is 13.9. The number of nitrogens with zero attached hydrogens (tertiary/aromatic N) is 4. The largest absolute Gasteiger partial charge is 0.486 e. The molecule has 0 N–H and O–H groups in total. The molecule has 2 heterocycles. The number of rotatable bonds is 7. The molecular weight excluding hydrogens is 417 g/mol. The van der Waals surface area contributed by atoms with Gasteiger partial charge in [0, 0.05) is 0 Å². The van der Waals surface area contributed by atoms with Gasteiger partial charge in [-0.3, -0.25) is 0 Å². The molecule has 0 bridgehead atoms. The summed E-state index contributed by atoms with van der Waals surface area (Å²) in [6, 6.07) is 9.39. The molecule has 2 aromatic heterocycles. The number of thioether (sulfide) groups is 1. The van der Waals surface area contributed by atoms with Crippen LogP contribution in [0.1, 0.15) is 41.8 Å². The molecule has 0 atom stereocenters. The van der Waals surface area contributed by atoms with Gasteiger partial charge in [0.05, 0.1) is 6.21 Å². The van der Waals surface area contributed by atoms with Crippen LogP contribution in [-0.2, 0) is 25.6 Å².